The summed E-state index contributed by atoms with van der Waals surface area (Å²) in [5, 5.41) is 21.0. The second kappa shape index (κ2) is 16.6. The number of amides is 6. The third-order valence-corrected chi connectivity index (χ3v) is 7.84. The fourth-order valence-electron chi connectivity index (χ4n) is 5.22. The number of aromatic hydroxyl groups is 1. The van der Waals surface area contributed by atoms with Gasteiger partial charge in [-0.25, -0.2) is 4.79 Å². The Morgan fingerprint density at radius 2 is 1.55 bits per heavy atom. The molecular weight excluding hydrogens is 632 g/mol. The summed E-state index contributed by atoms with van der Waals surface area (Å²) in [4.78, 5) is 67.4. The van der Waals surface area contributed by atoms with Crippen molar-refractivity contribution < 1.29 is 33.5 Å². The molecule has 0 aliphatic carbocycles. The lowest BCUT2D eigenvalue weighted by atomic mass is 10.0. The van der Waals surface area contributed by atoms with Gasteiger partial charge in [0.25, 0.3) is 0 Å². The van der Waals surface area contributed by atoms with E-state index >= 15 is 0 Å². The van der Waals surface area contributed by atoms with Crippen molar-refractivity contribution in [3.63, 3.8) is 0 Å². The van der Waals surface area contributed by atoms with Gasteiger partial charge in [0.2, 0.25) is 23.6 Å². The zero-order valence-corrected chi connectivity index (χ0v) is 26.6. The standard InChI is InChI=1S/C34H40N8O7/c1-19(30(36)44)29(28-9-5-15-49-28)42-33(47)27(17-21-18-39-25-7-3-2-6-23(21)25)41-32(46)26(8-4-14-38-34(37)48)40-31(45)24(35)16-20-10-12-22(43)13-11-20/h2-3,5-7,9-13,15,18,24,26-27,29,39,43H,1,4,8,14,16-17,35H2,(H2,36,44)(H,40,45)(H,41,46)(H,42,47)(H3,37,38,48)/t24-,26+,27-,29+/m0/s1. The van der Waals surface area contributed by atoms with Gasteiger partial charge < -0.3 is 53.0 Å². The number of para-hydroxylation sites is 1. The molecule has 0 saturated carbocycles. The molecule has 2 aromatic heterocycles. The van der Waals surface area contributed by atoms with Crippen molar-refractivity contribution in [1.82, 2.24) is 26.3 Å². The van der Waals surface area contributed by atoms with Crippen molar-refractivity contribution >= 4 is 40.6 Å². The van der Waals surface area contributed by atoms with Gasteiger partial charge in [-0.2, -0.15) is 0 Å². The quantitative estimate of drug-likeness (QED) is 0.0573. The van der Waals surface area contributed by atoms with Gasteiger partial charge >= 0.3 is 6.03 Å². The summed E-state index contributed by atoms with van der Waals surface area (Å²) in [5.41, 5.74) is 18.9. The topological polar surface area (TPSA) is 261 Å². The van der Waals surface area contributed by atoms with Gasteiger partial charge in [-0.05, 0) is 60.7 Å². The molecule has 12 N–H and O–H groups in total. The summed E-state index contributed by atoms with van der Waals surface area (Å²) < 4.78 is 5.43. The Kier molecular flexibility index (Phi) is 12.1. The molecule has 2 aromatic carbocycles. The lowest BCUT2D eigenvalue weighted by Crippen LogP contribution is -2.57. The fraction of sp³-hybridized carbons (Fsp3) is 0.265. The first kappa shape index (κ1) is 35.8. The highest BCUT2D eigenvalue weighted by Crippen LogP contribution is 2.23. The van der Waals surface area contributed by atoms with Gasteiger partial charge in [-0.1, -0.05) is 36.9 Å². The van der Waals surface area contributed by atoms with Crippen molar-refractivity contribution in [1.29, 1.82) is 0 Å². The molecule has 6 amide bonds. The number of H-pyrrole nitrogens is 1. The minimum atomic E-state index is -1.22. The maximum absolute atomic E-state index is 13.9. The summed E-state index contributed by atoms with van der Waals surface area (Å²) in [6.07, 6.45) is 3.51. The molecule has 0 radical (unpaired) electrons. The highest BCUT2D eigenvalue weighted by atomic mass is 16.3. The lowest BCUT2D eigenvalue weighted by Gasteiger charge is -2.26. The molecule has 15 heteroatoms. The average molecular weight is 673 g/mol. The minimum Gasteiger partial charge on any atom is -0.508 e. The molecule has 0 fully saturated rings. The molecule has 4 atom stereocenters. The normalized spacial score (nSPS) is 13.4. The zero-order chi connectivity index (χ0) is 35.5. The highest BCUT2D eigenvalue weighted by Gasteiger charge is 2.32. The Hall–Kier alpha value is -6.09. The van der Waals surface area contributed by atoms with Crippen LogP contribution in [-0.4, -0.2) is 64.4 Å². The Balaban J connectivity index is 1.58. The molecule has 49 heavy (non-hydrogen) atoms. The number of primary amides is 2. The number of carbonyl (C=O) groups excluding carboxylic acids is 5. The fourth-order valence-corrected chi connectivity index (χ4v) is 5.22. The van der Waals surface area contributed by atoms with Crippen molar-refractivity contribution in [3.8, 4) is 5.75 Å². The van der Waals surface area contributed by atoms with E-state index in [-0.39, 0.29) is 49.3 Å². The van der Waals surface area contributed by atoms with Crippen LogP contribution in [0.15, 0.2) is 89.7 Å². The molecule has 0 saturated heterocycles. The van der Waals surface area contributed by atoms with Gasteiger partial charge in [0.15, 0.2) is 0 Å². The van der Waals surface area contributed by atoms with Crippen LogP contribution < -0.4 is 38.5 Å². The molecule has 15 nitrogen and oxygen atoms in total. The summed E-state index contributed by atoms with van der Waals surface area (Å²) in [5.74, 6) is -2.63. The van der Waals surface area contributed by atoms with Crippen LogP contribution in [0.25, 0.3) is 10.9 Å². The van der Waals surface area contributed by atoms with Crippen molar-refractivity contribution in [2.75, 3.05) is 6.54 Å². The van der Waals surface area contributed by atoms with E-state index in [1.54, 1.807) is 30.5 Å². The molecule has 4 aromatic rings. The van der Waals surface area contributed by atoms with Crippen LogP contribution >= 0.6 is 0 Å². The minimum absolute atomic E-state index is 0.0137. The Labute approximate surface area is 281 Å². The number of benzene rings is 2. The summed E-state index contributed by atoms with van der Waals surface area (Å²) in [6, 6.07) is 11.4. The van der Waals surface area contributed by atoms with E-state index in [0.29, 0.717) is 11.1 Å². The molecule has 0 spiro atoms. The van der Waals surface area contributed by atoms with Crippen LogP contribution in [-0.2, 0) is 32.0 Å². The smallest absolute Gasteiger partial charge is 0.312 e. The number of furan rings is 1. The Morgan fingerprint density at radius 3 is 2.22 bits per heavy atom. The molecule has 0 aliphatic rings. The van der Waals surface area contributed by atoms with E-state index in [9.17, 15) is 29.1 Å². The Morgan fingerprint density at radius 1 is 0.857 bits per heavy atom. The number of hydrogen-bond acceptors (Lipinski definition) is 8. The first-order valence-corrected chi connectivity index (χ1v) is 15.5. The van der Waals surface area contributed by atoms with Crippen LogP contribution in [0.4, 0.5) is 4.79 Å². The monoisotopic (exact) mass is 672 g/mol. The zero-order valence-electron chi connectivity index (χ0n) is 26.6. The van der Waals surface area contributed by atoms with Crippen LogP contribution in [0.1, 0.15) is 35.8 Å². The number of fused-ring (bicyclic) bond motifs is 1. The van der Waals surface area contributed by atoms with E-state index in [2.05, 4.69) is 32.8 Å². The maximum Gasteiger partial charge on any atom is 0.312 e. The SMILES string of the molecule is C=C(C(N)=O)[C@@H](NC(=O)[C@H](Cc1c[nH]c2ccccc12)NC(=O)[C@@H](CCCNC(N)=O)NC(=O)[C@@H](N)Cc1ccc(O)cc1)c1ccco1. The molecule has 0 unspecified atom stereocenters. The predicted molar refractivity (Wildman–Crippen MR) is 180 cm³/mol. The number of aromatic nitrogens is 1. The number of urea groups is 1. The molecular formula is C34H40N8O7. The first-order chi connectivity index (χ1) is 23.4. The van der Waals surface area contributed by atoms with Gasteiger partial charge in [-0.3, -0.25) is 19.2 Å². The van der Waals surface area contributed by atoms with E-state index in [1.807, 2.05) is 24.3 Å². The number of carbonyl (C=O) groups is 5. The molecule has 258 valence electrons. The second-order valence-corrected chi connectivity index (χ2v) is 11.4. The van der Waals surface area contributed by atoms with E-state index in [1.165, 1.54) is 18.4 Å². The number of hydrogen-bond donors (Lipinski definition) is 9. The summed E-state index contributed by atoms with van der Waals surface area (Å²) in [7, 11) is 0. The van der Waals surface area contributed by atoms with E-state index < -0.39 is 53.8 Å². The van der Waals surface area contributed by atoms with Crippen LogP contribution in [0.2, 0.25) is 0 Å². The van der Waals surface area contributed by atoms with Crippen molar-refractivity contribution in [2.24, 2.45) is 17.2 Å². The van der Waals surface area contributed by atoms with Gasteiger partial charge in [0.1, 0.15) is 29.6 Å². The van der Waals surface area contributed by atoms with Gasteiger partial charge in [0, 0.05) is 35.6 Å². The number of rotatable bonds is 17. The third kappa shape index (κ3) is 9.95. The average Bonchev–Trinajstić information content (AvgIpc) is 3.76. The first-order valence-electron chi connectivity index (χ1n) is 15.5. The van der Waals surface area contributed by atoms with Crippen LogP contribution in [0, 0.1) is 0 Å². The highest BCUT2D eigenvalue weighted by molar-refractivity contribution is 5.96. The number of phenolic OH excluding ortho intramolecular Hbond substituents is 1. The van der Waals surface area contributed by atoms with Gasteiger partial charge in [0.05, 0.1) is 12.3 Å². The van der Waals surface area contributed by atoms with E-state index in [0.717, 1.165) is 10.9 Å². The molecule has 0 bridgehead atoms. The lowest BCUT2D eigenvalue weighted by molar-refractivity contribution is -0.132. The largest absolute Gasteiger partial charge is 0.508 e. The molecule has 2 heterocycles. The number of phenols is 1. The predicted octanol–water partition coefficient (Wildman–Crippen LogP) is 0.896. The van der Waals surface area contributed by atoms with Crippen molar-refractivity contribution in [3.05, 3.63) is 102 Å². The Bertz CT molecular complexity index is 1790. The third-order valence-electron chi connectivity index (χ3n) is 7.84. The van der Waals surface area contributed by atoms with E-state index in [4.69, 9.17) is 21.6 Å². The van der Waals surface area contributed by atoms with Gasteiger partial charge in [-0.15, -0.1) is 0 Å². The summed E-state index contributed by atoms with van der Waals surface area (Å²) >= 11 is 0. The molecule has 0 aliphatic heterocycles. The van der Waals surface area contributed by atoms with Crippen LogP contribution in [0.5, 0.6) is 5.75 Å². The number of nitrogens with two attached hydrogens (primary N) is 3. The number of nitrogens with one attached hydrogen (secondary N) is 5. The molecule has 4 rings (SSSR count). The second-order valence-electron chi connectivity index (χ2n) is 11.4. The van der Waals surface area contributed by atoms with Crippen LogP contribution in [0.3, 0.4) is 0 Å². The number of aromatic amines is 1. The summed E-state index contributed by atoms with van der Waals surface area (Å²) in [6.45, 7) is 3.83. The van der Waals surface area contributed by atoms with Crippen molar-refractivity contribution in [2.45, 2.75) is 49.9 Å². The maximum atomic E-state index is 13.9.